The van der Waals surface area contributed by atoms with E-state index in [2.05, 4.69) is 10.6 Å². The molecule has 1 aromatic rings. The number of carbonyl (C=O) groups excluding carboxylic acids is 3. The number of rotatable bonds is 11. The smallest absolute Gasteiger partial charge is 0.408 e. The minimum atomic E-state index is -1.00. The van der Waals surface area contributed by atoms with Gasteiger partial charge in [-0.3, -0.25) is 9.59 Å². The van der Waals surface area contributed by atoms with E-state index >= 15 is 0 Å². The highest BCUT2D eigenvalue weighted by molar-refractivity contribution is 5.92. The van der Waals surface area contributed by atoms with Crippen LogP contribution in [0.25, 0.3) is 0 Å². The Morgan fingerprint density at radius 3 is 2.41 bits per heavy atom. The number of benzene rings is 1. The van der Waals surface area contributed by atoms with Crippen molar-refractivity contribution in [1.29, 1.82) is 5.26 Å². The molecule has 0 spiro atoms. The summed E-state index contributed by atoms with van der Waals surface area (Å²) in [5.74, 6) is -1.11. The molecule has 188 valence electrons. The average molecular weight is 473 g/mol. The van der Waals surface area contributed by atoms with Gasteiger partial charge in [0.1, 0.15) is 24.2 Å². The molecule has 0 aliphatic heterocycles. The van der Waals surface area contributed by atoms with Crippen LogP contribution >= 0.6 is 0 Å². The number of hydrogen-bond donors (Lipinski definition) is 2. The van der Waals surface area contributed by atoms with Crippen LogP contribution in [-0.4, -0.2) is 47.5 Å². The first-order valence-electron chi connectivity index (χ1n) is 12.0. The van der Waals surface area contributed by atoms with Crippen LogP contribution in [0.4, 0.5) is 4.79 Å². The number of unbranched alkanes of at least 4 members (excludes halogenated alkanes) is 1. The second kappa shape index (κ2) is 13.6. The molecule has 8 nitrogen and oxygen atoms in total. The van der Waals surface area contributed by atoms with Crippen molar-refractivity contribution in [3.63, 3.8) is 0 Å². The van der Waals surface area contributed by atoms with Crippen molar-refractivity contribution in [1.82, 2.24) is 15.5 Å². The Hall–Kier alpha value is -3.08. The van der Waals surface area contributed by atoms with Gasteiger partial charge in [0.15, 0.2) is 0 Å². The van der Waals surface area contributed by atoms with Crippen molar-refractivity contribution in [2.75, 3.05) is 13.1 Å². The Bertz CT molecular complexity index is 872. The summed E-state index contributed by atoms with van der Waals surface area (Å²) >= 11 is 0. The Kier molecular flexibility index (Phi) is 11.6. The summed E-state index contributed by atoms with van der Waals surface area (Å²) in [5, 5.41) is 15.1. The van der Waals surface area contributed by atoms with E-state index in [0.29, 0.717) is 18.5 Å². The monoisotopic (exact) mass is 472 g/mol. The fourth-order valence-electron chi connectivity index (χ4n) is 3.47. The maximum absolute atomic E-state index is 13.8. The molecule has 0 saturated carbocycles. The molecule has 1 aromatic carbocycles. The lowest BCUT2D eigenvalue weighted by molar-refractivity contribution is -0.142. The van der Waals surface area contributed by atoms with Crippen LogP contribution < -0.4 is 10.6 Å². The molecular formula is C26H40N4O4. The van der Waals surface area contributed by atoms with E-state index in [1.54, 1.807) is 26.8 Å². The molecule has 3 amide bonds. The Morgan fingerprint density at radius 1 is 1.21 bits per heavy atom. The molecular weight excluding hydrogens is 432 g/mol. The molecule has 0 bridgehead atoms. The highest BCUT2D eigenvalue weighted by Crippen LogP contribution is 2.25. The van der Waals surface area contributed by atoms with Gasteiger partial charge in [-0.25, -0.2) is 4.79 Å². The maximum Gasteiger partial charge on any atom is 0.408 e. The number of nitrogens with one attached hydrogen (secondary N) is 2. The molecule has 0 aromatic heterocycles. The second-order valence-electron chi connectivity index (χ2n) is 9.59. The zero-order valence-electron chi connectivity index (χ0n) is 21.6. The van der Waals surface area contributed by atoms with Crippen molar-refractivity contribution in [2.45, 2.75) is 85.4 Å². The van der Waals surface area contributed by atoms with E-state index in [-0.39, 0.29) is 18.4 Å². The summed E-state index contributed by atoms with van der Waals surface area (Å²) in [6.07, 6.45) is 1.59. The van der Waals surface area contributed by atoms with E-state index in [0.717, 1.165) is 18.4 Å². The van der Waals surface area contributed by atoms with E-state index in [9.17, 15) is 19.6 Å². The maximum atomic E-state index is 13.8. The van der Waals surface area contributed by atoms with Crippen LogP contribution in [0, 0.1) is 24.2 Å². The van der Waals surface area contributed by atoms with Gasteiger partial charge in [0.05, 0.1) is 6.07 Å². The van der Waals surface area contributed by atoms with Gasteiger partial charge in [-0.15, -0.1) is 0 Å². The zero-order valence-corrected chi connectivity index (χ0v) is 21.6. The topological polar surface area (TPSA) is 112 Å². The number of carbonyl (C=O) groups is 3. The van der Waals surface area contributed by atoms with Crippen LogP contribution in [0.2, 0.25) is 0 Å². The lowest BCUT2D eigenvalue weighted by Gasteiger charge is -2.34. The number of ether oxygens (including phenoxy) is 1. The summed E-state index contributed by atoms with van der Waals surface area (Å²) in [6, 6.07) is 7.39. The molecule has 0 fully saturated rings. The largest absolute Gasteiger partial charge is 0.444 e. The van der Waals surface area contributed by atoms with Crippen LogP contribution in [0.5, 0.6) is 0 Å². The highest BCUT2D eigenvalue weighted by Gasteiger charge is 2.38. The standard InChI is InChI=1S/C26H40N4O4/c1-8-10-15-28-23(31)22(20-13-11-12-18(3)17-20)30(16-14-27)24(32)21(19(4)9-2)29-25(33)34-26(5,6)7/h11-13,17,19,21-22H,8-10,15-16H2,1-7H3,(H,28,31)(H,29,33). The molecule has 0 aliphatic carbocycles. The van der Waals surface area contributed by atoms with Gasteiger partial charge in [-0.1, -0.05) is 63.4 Å². The van der Waals surface area contributed by atoms with Crippen molar-refractivity contribution >= 4 is 17.9 Å². The number of nitrogens with zero attached hydrogens (tertiary/aromatic N) is 2. The molecule has 0 heterocycles. The van der Waals surface area contributed by atoms with Gasteiger partial charge in [0.25, 0.3) is 0 Å². The number of amides is 3. The molecule has 0 radical (unpaired) electrons. The van der Waals surface area contributed by atoms with Crippen molar-refractivity contribution in [3.8, 4) is 6.07 Å². The van der Waals surface area contributed by atoms with Crippen LogP contribution in [-0.2, 0) is 14.3 Å². The Balaban J connectivity index is 3.41. The minimum absolute atomic E-state index is 0.248. The predicted octanol–water partition coefficient (Wildman–Crippen LogP) is 4.24. The van der Waals surface area contributed by atoms with Gasteiger partial charge < -0.3 is 20.3 Å². The third kappa shape index (κ3) is 9.05. The van der Waals surface area contributed by atoms with Crippen molar-refractivity contribution in [3.05, 3.63) is 35.4 Å². The van der Waals surface area contributed by atoms with Gasteiger partial charge in [-0.05, 0) is 45.6 Å². The van der Waals surface area contributed by atoms with E-state index in [1.165, 1.54) is 4.90 Å². The van der Waals surface area contributed by atoms with E-state index in [1.807, 2.05) is 52.0 Å². The number of nitriles is 1. The summed E-state index contributed by atoms with van der Waals surface area (Å²) in [5.41, 5.74) is 0.805. The van der Waals surface area contributed by atoms with Gasteiger partial charge >= 0.3 is 6.09 Å². The van der Waals surface area contributed by atoms with Gasteiger partial charge in [0, 0.05) is 6.54 Å². The Morgan fingerprint density at radius 2 is 1.88 bits per heavy atom. The normalized spacial score (nSPS) is 13.7. The molecule has 3 unspecified atom stereocenters. The first kappa shape index (κ1) is 29.0. The predicted molar refractivity (Wildman–Crippen MR) is 132 cm³/mol. The minimum Gasteiger partial charge on any atom is -0.444 e. The Labute approximate surface area is 204 Å². The molecule has 0 saturated heterocycles. The first-order chi connectivity index (χ1) is 15.9. The molecule has 0 aliphatic rings. The van der Waals surface area contributed by atoms with Crippen LogP contribution in [0.1, 0.15) is 78.0 Å². The summed E-state index contributed by atoms with van der Waals surface area (Å²) in [6.45, 7) is 13.1. The lowest BCUT2D eigenvalue weighted by atomic mass is 9.95. The number of hydrogen-bond acceptors (Lipinski definition) is 5. The van der Waals surface area contributed by atoms with Crippen LogP contribution in [0.3, 0.4) is 0 Å². The van der Waals surface area contributed by atoms with Crippen molar-refractivity contribution < 1.29 is 19.1 Å². The third-order valence-electron chi connectivity index (χ3n) is 5.42. The molecule has 8 heteroatoms. The van der Waals surface area contributed by atoms with Crippen molar-refractivity contribution in [2.24, 2.45) is 5.92 Å². The third-order valence-corrected chi connectivity index (χ3v) is 5.42. The fraction of sp³-hybridized carbons (Fsp3) is 0.615. The summed E-state index contributed by atoms with van der Waals surface area (Å²) in [7, 11) is 0. The number of aryl methyl sites for hydroxylation is 1. The fourth-order valence-corrected chi connectivity index (χ4v) is 3.47. The molecule has 34 heavy (non-hydrogen) atoms. The number of alkyl carbamates (subject to hydrolysis) is 1. The summed E-state index contributed by atoms with van der Waals surface area (Å²) in [4.78, 5) is 40.9. The molecule has 3 atom stereocenters. The zero-order chi connectivity index (χ0) is 25.9. The van der Waals surface area contributed by atoms with Gasteiger partial charge in [0.2, 0.25) is 11.8 Å². The quantitative estimate of drug-likeness (QED) is 0.369. The van der Waals surface area contributed by atoms with E-state index in [4.69, 9.17) is 4.74 Å². The van der Waals surface area contributed by atoms with E-state index < -0.39 is 29.7 Å². The SMILES string of the molecule is CCCCNC(=O)C(c1cccc(C)c1)N(CC#N)C(=O)C(NC(=O)OC(C)(C)C)C(C)CC. The highest BCUT2D eigenvalue weighted by atomic mass is 16.6. The summed E-state index contributed by atoms with van der Waals surface area (Å²) < 4.78 is 5.36. The average Bonchev–Trinajstić information content (AvgIpc) is 2.75. The second-order valence-corrected chi connectivity index (χ2v) is 9.59. The van der Waals surface area contributed by atoms with Crippen LogP contribution in [0.15, 0.2) is 24.3 Å². The molecule has 1 rings (SSSR count). The molecule has 2 N–H and O–H groups in total. The first-order valence-corrected chi connectivity index (χ1v) is 12.0. The lowest BCUT2D eigenvalue weighted by Crippen LogP contribution is -2.55. The van der Waals surface area contributed by atoms with Gasteiger partial charge in [-0.2, -0.15) is 5.26 Å².